The van der Waals surface area contributed by atoms with Crippen molar-refractivity contribution in [2.45, 2.75) is 38.6 Å². The summed E-state index contributed by atoms with van der Waals surface area (Å²) in [5.74, 6) is 0.872. The van der Waals surface area contributed by atoms with Crippen molar-refractivity contribution in [3.05, 3.63) is 41.5 Å². The maximum absolute atomic E-state index is 4.31. The van der Waals surface area contributed by atoms with Gasteiger partial charge in [-0.15, -0.1) is 0 Å². The summed E-state index contributed by atoms with van der Waals surface area (Å²) < 4.78 is 0. The Balaban J connectivity index is 1.76. The summed E-state index contributed by atoms with van der Waals surface area (Å²) in [4.78, 5) is 6.43. The summed E-state index contributed by atoms with van der Waals surface area (Å²) in [5.41, 5.74) is 4.07. The Bertz CT molecular complexity index is 546. The van der Waals surface area contributed by atoms with Crippen molar-refractivity contribution in [1.82, 2.24) is 10.6 Å². The maximum Gasteiger partial charge on any atom is 0.191 e. The fourth-order valence-electron chi connectivity index (χ4n) is 2.82. The van der Waals surface area contributed by atoms with E-state index in [1.807, 2.05) is 7.05 Å². The second kappa shape index (κ2) is 9.23. The molecule has 0 saturated heterocycles. The first-order valence-corrected chi connectivity index (χ1v) is 8.57. The monoisotopic (exact) mass is 314 g/mol. The Kier molecular flexibility index (Phi) is 6.98. The van der Waals surface area contributed by atoms with Crippen LogP contribution in [0.25, 0.3) is 0 Å². The minimum absolute atomic E-state index is 0.782. The van der Waals surface area contributed by atoms with Crippen LogP contribution in [0, 0.1) is 0 Å². The molecule has 1 aliphatic carbocycles. The molecule has 2 rings (SSSR count). The number of benzene rings is 1. The fraction of sp³-hybridized carbons (Fsp3) is 0.526. The minimum atomic E-state index is 0.782. The van der Waals surface area contributed by atoms with Crippen molar-refractivity contribution in [2.24, 2.45) is 4.99 Å². The van der Waals surface area contributed by atoms with E-state index in [2.05, 4.69) is 65.0 Å². The van der Waals surface area contributed by atoms with Crippen LogP contribution in [-0.4, -0.2) is 33.6 Å². The molecule has 126 valence electrons. The van der Waals surface area contributed by atoms with E-state index in [-0.39, 0.29) is 0 Å². The molecule has 2 N–H and O–H groups in total. The van der Waals surface area contributed by atoms with Crippen molar-refractivity contribution in [3.63, 3.8) is 0 Å². The van der Waals surface area contributed by atoms with Crippen LogP contribution in [0.15, 0.2) is 40.9 Å². The molecule has 0 unspecified atom stereocenters. The van der Waals surface area contributed by atoms with Gasteiger partial charge in [-0.1, -0.05) is 23.8 Å². The molecule has 1 aliphatic rings. The van der Waals surface area contributed by atoms with E-state index in [0.29, 0.717) is 0 Å². The van der Waals surface area contributed by atoms with E-state index >= 15 is 0 Å². The number of allylic oxidation sites excluding steroid dienone is 1. The predicted octanol–water partition coefficient (Wildman–Crippen LogP) is 3.31. The fourth-order valence-corrected chi connectivity index (χ4v) is 2.82. The average Bonchev–Trinajstić information content (AvgIpc) is 2.59. The molecule has 4 heteroatoms. The lowest BCUT2D eigenvalue weighted by molar-refractivity contribution is 0.665. The van der Waals surface area contributed by atoms with Gasteiger partial charge in [0.15, 0.2) is 5.96 Å². The second-order valence-electron chi connectivity index (χ2n) is 6.28. The van der Waals surface area contributed by atoms with Crippen molar-refractivity contribution in [1.29, 1.82) is 0 Å². The molecular weight excluding hydrogens is 284 g/mol. The third-order valence-electron chi connectivity index (χ3n) is 4.23. The summed E-state index contributed by atoms with van der Waals surface area (Å²) in [6.45, 7) is 1.73. The molecule has 0 atom stereocenters. The van der Waals surface area contributed by atoms with E-state index in [9.17, 15) is 0 Å². The smallest absolute Gasteiger partial charge is 0.191 e. The number of anilines is 1. The van der Waals surface area contributed by atoms with Gasteiger partial charge in [0.25, 0.3) is 0 Å². The minimum Gasteiger partial charge on any atom is -0.378 e. The normalized spacial score (nSPS) is 15.1. The first kappa shape index (κ1) is 17.4. The van der Waals surface area contributed by atoms with E-state index in [1.54, 1.807) is 5.57 Å². The number of nitrogens with zero attached hydrogens (tertiary/aromatic N) is 2. The highest BCUT2D eigenvalue weighted by atomic mass is 15.2. The van der Waals surface area contributed by atoms with Gasteiger partial charge in [0.2, 0.25) is 0 Å². The van der Waals surface area contributed by atoms with E-state index < -0.39 is 0 Å². The van der Waals surface area contributed by atoms with E-state index in [0.717, 1.165) is 25.5 Å². The van der Waals surface area contributed by atoms with Gasteiger partial charge < -0.3 is 15.5 Å². The van der Waals surface area contributed by atoms with Crippen molar-refractivity contribution >= 4 is 11.6 Å². The predicted molar refractivity (Wildman–Crippen MR) is 100 cm³/mol. The zero-order valence-electron chi connectivity index (χ0n) is 14.7. The molecular formula is C19H30N4. The molecule has 0 bridgehead atoms. The lowest BCUT2D eigenvalue weighted by atomic mass is 9.97. The zero-order chi connectivity index (χ0) is 16.5. The Morgan fingerprint density at radius 2 is 2.09 bits per heavy atom. The molecule has 0 spiro atoms. The quantitative estimate of drug-likeness (QED) is 0.481. The van der Waals surface area contributed by atoms with Crippen molar-refractivity contribution < 1.29 is 0 Å². The highest BCUT2D eigenvalue weighted by Gasteiger charge is 2.04. The molecule has 0 amide bonds. The highest BCUT2D eigenvalue weighted by molar-refractivity contribution is 5.79. The Hall–Kier alpha value is -1.97. The van der Waals surface area contributed by atoms with E-state index in [1.165, 1.54) is 36.9 Å². The number of aliphatic imine (C=N–C) groups is 1. The largest absolute Gasteiger partial charge is 0.378 e. The Morgan fingerprint density at radius 3 is 2.78 bits per heavy atom. The number of hydrogen-bond acceptors (Lipinski definition) is 2. The van der Waals surface area contributed by atoms with E-state index in [4.69, 9.17) is 0 Å². The molecule has 0 heterocycles. The molecule has 0 aromatic heterocycles. The number of guanidine groups is 1. The third-order valence-corrected chi connectivity index (χ3v) is 4.23. The summed E-state index contributed by atoms with van der Waals surface area (Å²) in [7, 11) is 5.95. The molecule has 0 aliphatic heterocycles. The van der Waals surface area contributed by atoms with Gasteiger partial charge in [-0.05, 0) is 49.8 Å². The van der Waals surface area contributed by atoms with Crippen LogP contribution in [0.5, 0.6) is 0 Å². The SMILES string of the molecule is CN=C(NCCC1=CCCCC1)NCc1cccc(N(C)C)c1. The molecule has 1 aromatic rings. The van der Waals surface area contributed by atoms with Gasteiger partial charge in [-0.2, -0.15) is 0 Å². The number of nitrogens with one attached hydrogen (secondary N) is 2. The molecule has 4 nitrogen and oxygen atoms in total. The van der Waals surface area contributed by atoms with Crippen LogP contribution in [0.1, 0.15) is 37.7 Å². The lowest BCUT2D eigenvalue weighted by Gasteiger charge is -2.16. The zero-order valence-corrected chi connectivity index (χ0v) is 14.7. The summed E-state index contributed by atoms with van der Waals surface area (Å²) in [5, 5.41) is 6.80. The van der Waals surface area contributed by atoms with Gasteiger partial charge in [-0.3, -0.25) is 4.99 Å². The molecule has 23 heavy (non-hydrogen) atoms. The van der Waals surface area contributed by atoms with Crippen LogP contribution in [-0.2, 0) is 6.54 Å². The molecule has 0 fully saturated rings. The molecule has 0 saturated carbocycles. The first-order valence-electron chi connectivity index (χ1n) is 8.57. The number of hydrogen-bond donors (Lipinski definition) is 2. The first-order chi connectivity index (χ1) is 11.2. The maximum atomic E-state index is 4.31. The van der Waals surface area contributed by atoms with Gasteiger partial charge in [0, 0.05) is 39.9 Å². The molecule has 1 aromatic carbocycles. The van der Waals surface area contributed by atoms with Gasteiger partial charge in [0.1, 0.15) is 0 Å². The van der Waals surface area contributed by atoms with Gasteiger partial charge >= 0.3 is 0 Å². The van der Waals surface area contributed by atoms with Crippen molar-refractivity contribution in [2.75, 3.05) is 32.6 Å². The third kappa shape index (κ3) is 5.97. The van der Waals surface area contributed by atoms with Crippen LogP contribution in [0.3, 0.4) is 0 Å². The summed E-state index contributed by atoms with van der Waals surface area (Å²) in [6, 6.07) is 8.56. The lowest BCUT2D eigenvalue weighted by Crippen LogP contribution is -2.37. The summed E-state index contributed by atoms with van der Waals surface area (Å²) >= 11 is 0. The second-order valence-corrected chi connectivity index (χ2v) is 6.28. The van der Waals surface area contributed by atoms with Crippen LogP contribution in [0.2, 0.25) is 0 Å². The van der Waals surface area contributed by atoms with Crippen LogP contribution >= 0.6 is 0 Å². The van der Waals surface area contributed by atoms with Crippen molar-refractivity contribution in [3.8, 4) is 0 Å². The summed E-state index contributed by atoms with van der Waals surface area (Å²) in [6.07, 6.45) is 8.76. The highest BCUT2D eigenvalue weighted by Crippen LogP contribution is 2.19. The standard InChI is InChI=1S/C19H30N4/c1-20-19(21-13-12-16-8-5-4-6-9-16)22-15-17-10-7-11-18(14-17)23(2)3/h7-8,10-11,14H,4-6,9,12-13,15H2,1-3H3,(H2,20,21,22). The average molecular weight is 314 g/mol. The van der Waals surface area contributed by atoms with Gasteiger partial charge in [-0.25, -0.2) is 0 Å². The topological polar surface area (TPSA) is 39.7 Å². The number of rotatable bonds is 6. The Labute approximate surface area is 140 Å². The molecule has 0 radical (unpaired) electrons. The van der Waals surface area contributed by atoms with Crippen LogP contribution in [0.4, 0.5) is 5.69 Å². The van der Waals surface area contributed by atoms with Gasteiger partial charge in [0.05, 0.1) is 0 Å². The van der Waals surface area contributed by atoms with Crippen LogP contribution < -0.4 is 15.5 Å². The Morgan fingerprint density at radius 1 is 1.22 bits per heavy atom.